The molecule has 1 aromatic carbocycles. The number of hydrogen-bond acceptors (Lipinski definition) is 2. The summed E-state index contributed by atoms with van der Waals surface area (Å²) in [5.41, 5.74) is 12.3. The number of rotatable bonds is 1. The van der Waals surface area contributed by atoms with Crippen molar-refractivity contribution in [2.75, 3.05) is 5.73 Å². The van der Waals surface area contributed by atoms with Crippen LogP contribution in [0, 0.1) is 5.92 Å². The number of benzene rings is 1. The Morgan fingerprint density at radius 1 is 1.32 bits per heavy atom. The zero-order valence-corrected chi connectivity index (χ0v) is 14.2. The maximum Gasteiger partial charge on any atom is 0.0741 e. The summed E-state index contributed by atoms with van der Waals surface area (Å²) in [6.45, 7) is 2.24. The van der Waals surface area contributed by atoms with Gasteiger partial charge in [0.25, 0.3) is 0 Å². The van der Waals surface area contributed by atoms with E-state index in [0.717, 1.165) is 35.9 Å². The van der Waals surface area contributed by atoms with E-state index < -0.39 is 0 Å². The Morgan fingerprint density at radius 3 is 2.91 bits per heavy atom. The zero-order chi connectivity index (χ0) is 14.6. The average molecular weight is 335 g/mol. The summed E-state index contributed by atoms with van der Waals surface area (Å²) in [6.07, 6.45) is 6.96. The SMILES string of the molecule is CCC1=CC2Cc3nc4cccc(Cl)c4c(N)c3C(C1)C2.Cl. The molecule has 0 fully saturated rings. The van der Waals surface area contributed by atoms with Gasteiger partial charge in [-0.25, -0.2) is 0 Å². The van der Waals surface area contributed by atoms with Crippen LogP contribution in [0.3, 0.4) is 0 Å². The second-order valence-corrected chi connectivity index (χ2v) is 6.71. The second-order valence-electron chi connectivity index (χ2n) is 6.30. The van der Waals surface area contributed by atoms with E-state index in [1.165, 1.54) is 17.7 Å². The van der Waals surface area contributed by atoms with Crippen LogP contribution < -0.4 is 5.73 Å². The van der Waals surface area contributed by atoms with Crippen LogP contribution in [0.1, 0.15) is 43.4 Å². The third-order valence-electron chi connectivity index (χ3n) is 5.00. The fourth-order valence-corrected chi connectivity index (χ4v) is 4.36. The monoisotopic (exact) mass is 334 g/mol. The van der Waals surface area contributed by atoms with Crippen LogP contribution in [-0.4, -0.2) is 4.98 Å². The molecule has 2 aromatic rings. The fraction of sp³-hybridized carbons (Fsp3) is 0.389. The lowest BCUT2D eigenvalue weighted by Crippen LogP contribution is -2.24. The Bertz CT molecular complexity index is 767. The molecule has 2 aliphatic carbocycles. The first-order chi connectivity index (χ1) is 10.2. The van der Waals surface area contributed by atoms with Gasteiger partial charge in [0.05, 0.1) is 10.5 Å². The lowest BCUT2D eigenvalue weighted by Gasteiger charge is -2.36. The van der Waals surface area contributed by atoms with E-state index in [1.54, 1.807) is 5.57 Å². The highest BCUT2D eigenvalue weighted by Crippen LogP contribution is 2.47. The average Bonchev–Trinajstić information content (AvgIpc) is 2.46. The van der Waals surface area contributed by atoms with Crippen molar-refractivity contribution in [3.63, 3.8) is 0 Å². The van der Waals surface area contributed by atoms with Crippen LogP contribution in [0.2, 0.25) is 5.02 Å². The summed E-state index contributed by atoms with van der Waals surface area (Å²) < 4.78 is 0. The van der Waals surface area contributed by atoms with E-state index in [1.807, 2.05) is 18.2 Å². The molecule has 4 heteroatoms. The Kier molecular flexibility index (Phi) is 4.09. The van der Waals surface area contributed by atoms with Gasteiger partial charge in [0, 0.05) is 22.3 Å². The van der Waals surface area contributed by atoms with E-state index in [4.69, 9.17) is 22.3 Å². The molecule has 4 rings (SSSR count). The molecule has 1 heterocycles. The molecule has 0 radical (unpaired) electrons. The van der Waals surface area contributed by atoms with Crippen LogP contribution in [0.5, 0.6) is 0 Å². The summed E-state index contributed by atoms with van der Waals surface area (Å²) in [6, 6.07) is 5.86. The van der Waals surface area contributed by atoms with Crippen molar-refractivity contribution in [3.8, 4) is 0 Å². The Morgan fingerprint density at radius 2 is 2.14 bits per heavy atom. The highest BCUT2D eigenvalue weighted by atomic mass is 35.5. The first-order valence-corrected chi connectivity index (χ1v) is 8.11. The first kappa shape index (κ1) is 15.6. The van der Waals surface area contributed by atoms with Gasteiger partial charge >= 0.3 is 0 Å². The summed E-state index contributed by atoms with van der Waals surface area (Å²) >= 11 is 6.36. The van der Waals surface area contributed by atoms with Gasteiger partial charge in [-0.1, -0.05) is 36.2 Å². The van der Waals surface area contributed by atoms with E-state index in [9.17, 15) is 0 Å². The standard InChI is InChI=1S/C18H19ClN2.ClH/c1-2-10-6-11-8-12(7-10)16-15(9-11)21-14-5-3-4-13(19)17(14)18(16)20;/h3-6,11-12H,2,7-9H2,1H3,(H2,20,21);1H. The molecule has 0 saturated heterocycles. The molecule has 0 amide bonds. The molecule has 1 aromatic heterocycles. The molecular weight excluding hydrogens is 315 g/mol. The van der Waals surface area contributed by atoms with Crippen molar-refractivity contribution >= 4 is 40.6 Å². The molecule has 116 valence electrons. The number of anilines is 1. The molecule has 0 spiro atoms. The number of hydrogen-bond donors (Lipinski definition) is 1. The summed E-state index contributed by atoms with van der Waals surface area (Å²) in [5, 5.41) is 1.65. The summed E-state index contributed by atoms with van der Waals surface area (Å²) in [4.78, 5) is 4.88. The van der Waals surface area contributed by atoms with E-state index in [0.29, 0.717) is 16.9 Å². The molecule has 0 saturated carbocycles. The molecule has 2 nitrogen and oxygen atoms in total. The second kappa shape index (κ2) is 5.75. The summed E-state index contributed by atoms with van der Waals surface area (Å²) in [7, 11) is 0. The van der Waals surface area contributed by atoms with Crippen LogP contribution >= 0.6 is 24.0 Å². The topological polar surface area (TPSA) is 38.9 Å². The van der Waals surface area contributed by atoms with Crippen molar-refractivity contribution in [2.24, 2.45) is 5.92 Å². The van der Waals surface area contributed by atoms with E-state index in [2.05, 4.69) is 13.0 Å². The molecule has 2 aliphatic rings. The van der Waals surface area contributed by atoms with Crippen molar-refractivity contribution < 1.29 is 0 Å². The van der Waals surface area contributed by atoms with Gasteiger partial charge in [0.15, 0.2) is 0 Å². The van der Waals surface area contributed by atoms with E-state index in [-0.39, 0.29) is 12.4 Å². The van der Waals surface area contributed by atoms with Gasteiger partial charge in [-0.2, -0.15) is 0 Å². The quantitative estimate of drug-likeness (QED) is 0.720. The number of halogens is 2. The van der Waals surface area contributed by atoms with Crippen LogP contribution in [-0.2, 0) is 6.42 Å². The normalized spacial score (nSPS) is 22.7. The number of pyridine rings is 1. The minimum Gasteiger partial charge on any atom is -0.398 e. The largest absolute Gasteiger partial charge is 0.398 e. The number of fused-ring (bicyclic) bond motifs is 5. The Balaban J connectivity index is 0.00000144. The molecule has 2 atom stereocenters. The minimum absolute atomic E-state index is 0. The van der Waals surface area contributed by atoms with Crippen molar-refractivity contribution in [3.05, 3.63) is 46.1 Å². The number of nitrogen functional groups attached to an aromatic ring is 1. The van der Waals surface area contributed by atoms with Crippen molar-refractivity contribution in [1.29, 1.82) is 0 Å². The van der Waals surface area contributed by atoms with Crippen molar-refractivity contribution in [1.82, 2.24) is 4.98 Å². The maximum absolute atomic E-state index is 6.52. The van der Waals surface area contributed by atoms with Gasteiger partial charge in [-0.3, -0.25) is 4.98 Å². The fourth-order valence-electron chi connectivity index (χ4n) is 4.09. The van der Waals surface area contributed by atoms with Crippen molar-refractivity contribution in [2.45, 2.75) is 38.5 Å². The predicted octanol–water partition coefficient (Wildman–Crippen LogP) is 5.28. The lowest BCUT2D eigenvalue weighted by molar-refractivity contribution is 0.429. The number of aromatic nitrogens is 1. The highest BCUT2D eigenvalue weighted by molar-refractivity contribution is 6.36. The lowest BCUT2D eigenvalue weighted by atomic mass is 9.70. The summed E-state index contributed by atoms with van der Waals surface area (Å²) in [5.74, 6) is 1.15. The highest BCUT2D eigenvalue weighted by Gasteiger charge is 2.33. The smallest absolute Gasteiger partial charge is 0.0741 e. The maximum atomic E-state index is 6.52. The van der Waals surface area contributed by atoms with Crippen LogP contribution in [0.15, 0.2) is 29.8 Å². The molecule has 0 aliphatic heterocycles. The third kappa shape index (κ3) is 2.29. The molecule has 22 heavy (non-hydrogen) atoms. The molecule has 2 unspecified atom stereocenters. The predicted molar refractivity (Wildman–Crippen MR) is 96.0 cm³/mol. The van der Waals surface area contributed by atoms with E-state index >= 15 is 0 Å². The van der Waals surface area contributed by atoms with Gasteiger partial charge < -0.3 is 5.73 Å². The number of nitrogens with zero attached hydrogens (tertiary/aromatic N) is 1. The van der Waals surface area contributed by atoms with Gasteiger partial charge in [-0.15, -0.1) is 12.4 Å². The van der Waals surface area contributed by atoms with Crippen LogP contribution in [0.4, 0.5) is 5.69 Å². The molecule has 2 bridgehead atoms. The van der Waals surface area contributed by atoms with Crippen LogP contribution in [0.25, 0.3) is 10.9 Å². The molecule has 2 N–H and O–H groups in total. The first-order valence-electron chi connectivity index (χ1n) is 7.73. The molecular formula is C18H20Cl2N2. The van der Waals surface area contributed by atoms with Gasteiger partial charge in [-0.05, 0) is 49.7 Å². The van der Waals surface area contributed by atoms with Gasteiger partial charge in [0.1, 0.15) is 0 Å². The number of nitrogens with two attached hydrogens (primary N) is 1. The number of allylic oxidation sites excluding steroid dienone is 2. The zero-order valence-electron chi connectivity index (χ0n) is 12.6. The third-order valence-corrected chi connectivity index (χ3v) is 5.32. The van der Waals surface area contributed by atoms with Gasteiger partial charge in [0.2, 0.25) is 0 Å². The Hall–Kier alpha value is -1.25. The Labute approximate surface area is 142 Å². The minimum atomic E-state index is 0.